The van der Waals surface area contributed by atoms with Crippen molar-refractivity contribution < 1.29 is 18.6 Å². The Morgan fingerprint density at radius 2 is 1.95 bits per heavy atom. The molecule has 130 valence electrons. The van der Waals surface area contributed by atoms with Crippen molar-refractivity contribution in [2.24, 2.45) is 0 Å². The molecule has 0 saturated heterocycles. The topological polar surface area (TPSA) is 52.6 Å². The van der Waals surface area contributed by atoms with Crippen molar-refractivity contribution in [3.05, 3.63) is 12.2 Å². The lowest BCUT2D eigenvalue weighted by Crippen LogP contribution is -2.20. The first-order valence-corrected chi connectivity index (χ1v) is 11.8. The summed E-state index contributed by atoms with van der Waals surface area (Å²) in [6.07, 6.45) is 4.97. The fourth-order valence-corrected chi connectivity index (χ4v) is 3.15. The maximum absolute atomic E-state index is 11.7. The predicted molar refractivity (Wildman–Crippen MR) is 96.0 cm³/mol. The molecule has 0 N–H and O–H groups in total. The van der Waals surface area contributed by atoms with Gasteiger partial charge >= 0.3 is 6.07 Å². The highest BCUT2D eigenvalue weighted by Gasteiger charge is 2.20. The third kappa shape index (κ3) is 15.4. The Kier molecular flexibility index (Phi) is 14.2. The van der Waals surface area contributed by atoms with Crippen LogP contribution in [0.4, 0.5) is 0 Å². The number of rotatable bonds is 13. The van der Waals surface area contributed by atoms with Crippen molar-refractivity contribution in [1.29, 1.82) is 0 Å². The second-order valence-corrected chi connectivity index (χ2v) is 10.3. The summed E-state index contributed by atoms with van der Waals surface area (Å²) in [5.41, 5.74) is 0. The molecule has 0 rings (SSSR count). The molecule has 1 atom stereocenters. The molecule has 0 spiro atoms. The van der Waals surface area contributed by atoms with Crippen molar-refractivity contribution in [2.75, 3.05) is 19.8 Å². The number of halogens is 2. The van der Waals surface area contributed by atoms with Crippen molar-refractivity contribution in [1.82, 2.24) is 0 Å². The zero-order valence-corrected chi connectivity index (χ0v) is 16.4. The predicted octanol–water partition coefficient (Wildman–Crippen LogP) is 5.78. The third-order valence-corrected chi connectivity index (χ3v) is 4.64. The second-order valence-electron chi connectivity index (χ2n) is 4.72. The molecule has 22 heavy (non-hydrogen) atoms. The highest BCUT2D eigenvalue weighted by molar-refractivity contribution is 8.14. The first-order chi connectivity index (χ1) is 10.4. The average Bonchev–Trinajstić information content (AvgIpc) is 2.45. The number of unbranched alkanes of at least 4 members (excludes halogenated alkanes) is 3. The molecule has 0 amide bonds. The highest BCUT2D eigenvalue weighted by Crippen LogP contribution is 2.57. The summed E-state index contributed by atoms with van der Waals surface area (Å²) in [4.78, 5) is 11.7. The fourth-order valence-electron chi connectivity index (χ4n) is 1.55. The number of ether oxygens (including phenoxy) is 1. The Morgan fingerprint density at radius 1 is 1.23 bits per heavy atom. The Bertz CT molecular complexity index is 374. The minimum absolute atomic E-state index is 0.00953. The zero-order chi connectivity index (χ0) is 16.8. The molecule has 4 nitrogen and oxygen atoms in total. The summed E-state index contributed by atoms with van der Waals surface area (Å²) in [7, 11) is 0. The summed E-state index contributed by atoms with van der Waals surface area (Å²) >= 11 is 11.8. The van der Waals surface area contributed by atoms with E-state index >= 15 is 0 Å². The van der Waals surface area contributed by atoms with E-state index in [2.05, 4.69) is 6.92 Å². The van der Waals surface area contributed by atoms with Crippen LogP contribution in [-0.4, -0.2) is 30.2 Å². The van der Waals surface area contributed by atoms with Crippen molar-refractivity contribution in [2.45, 2.75) is 51.2 Å². The summed E-state index contributed by atoms with van der Waals surface area (Å²) in [6.45, 7) is 5.07. The van der Waals surface area contributed by atoms with Crippen LogP contribution >= 0.6 is 40.3 Å². The molecule has 0 aliphatic heterocycles. The fraction of sp³-hybridized carbons (Fsp3) is 0.786. The lowest BCUT2D eigenvalue weighted by Gasteiger charge is -2.15. The molecule has 0 aliphatic carbocycles. The largest absolute Gasteiger partial charge is 0.380 e. The Morgan fingerprint density at radius 3 is 2.55 bits per heavy atom. The van der Waals surface area contributed by atoms with E-state index in [1.807, 2.05) is 6.92 Å². The van der Waals surface area contributed by atoms with Crippen LogP contribution in [0.5, 0.6) is 0 Å². The molecule has 0 unspecified atom stereocenters. The van der Waals surface area contributed by atoms with Gasteiger partial charge in [-0.15, -0.1) is 0 Å². The minimum atomic E-state index is -3.59. The van der Waals surface area contributed by atoms with Gasteiger partial charge in [-0.1, -0.05) is 50.9 Å². The van der Waals surface area contributed by atoms with Crippen LogP contribution in [0.15, 0.2) is 12.2 Å². The van der Waals surface area contributed by atoms with Crippen LogP contribution in [0.1, 0.15) is 46.0 Å². The standard InChI is InChI=1S/C14H25Cl2O4PS/c1-3-5-7-8-10-19-11-13(12-20-21(15,16)18)22-14(17)9-6-4-2/h6,9,13H,3-5,7-8,10-12H2,1-2H3/b9-6+/t13-/m1/s1. The van der Waals surface area contributed by atoms with E-state index in [1.165, 1.54) is 18.9 Å². The number of thioether (sulfide) groups is 1. The van der Waals surface area contributed by atoms with Gasteiger partial charge in [0.15, 0.2) is 0 Å². The maximum Gasteiger partial charge on any atom is 0.380 e. The summed E-state index contributed by atoms with van der Waals surface area (Å²) in [6, 6.07) is 0. The Hall–Kier alpha value is 0.490. The maximum atomic E-state index is 11.7. The van der Waals surface area contributed by atoms with Gasteiger partial charge in [0.1, 0.15) is 0 Å². The minimum Gasteiger partial charge on any atom is -0.380 e. The SMILES string of the molecule is CC/C=C/C(=O)S[C@H](COCCCCCC)COP(=O)(Cl)Cl. The Labute approximate surface area is 147 Å². The molecule has 0 aromatic carbocycles. The number of carbonyl (C=O) groups excluding carboxylic acids is 1. The van der Waals surface area contributed by atoms with Gasteiger partial charge in [0.05, 0.1) is 18.5 Å². The van der Waals surface area contributed by atoms with Gasteiger partial charge < -0.3 is 9.26 Å². The normalized spacial score (nSPS) is 13.6. The van der Waals surface area contributed by atoms with E-state index in [0.717, 1.165) is 31.0 Å². The van der Waals surface area contributed by atoms with Crippen molar-refractivity contribution in [3.63, 3.8) is 0 Å². The molecule has 0 radical (unpaired) electrons. The van der Waals surface area contributed by atoms with Gasteiger partial charge in [-0.2, -0.15) is 0 Å². The first kappa shape index (κ1) is 22.5. The number of hydrogen-bond donors (Lipinski definition) is 0. The van der Waals surface area contributed by atoms with Crippen LogP contribution in [0.2, 0.25) is 0 Å². The van der Waals surface area contributed by atoms with Crippen LogP contribution < -0.4 is 0 Å². The lowest BCUT2D eigenvalue weighted by molar-refractivity contribution is -0.107. The van der Waals surface area contributed by atoms with E-state index in [9.17, 15) is 9.36 Å². The second kappa shape index (κ2) is 13.9. The van der Waals surface area contributed by atoms with E-state index in [-0.39, 0.29) is 17.0 Å². The van der Waals surface area contributed by atoms with E-state index in [1.54, 1.807) is 6.08 Å². The van der Waals surface area contributed by atoms with Crippen LogP contribution in [0, 0.1) is 0 Å². The van der Waals surface area contributed by atoms with Crippen LogP contribution in [0.25, 0.3) is 0 Å². The molecule has 0 fully saturated rings. The number of hydrogen-bond acceptors (Lipinski definition) is 5. The summed E-state index contributed by atoms with van der Waals surface area (Å²) < 4.78 is 21.6. The molecule has 0 bridgehead atoms. The van der Waals surface area contributed by atoms with E-state index < -0.39 is 6.07 Å². The van der Waals surface area contributed by atoms with Crippen molar-refractivity contribution >= 4 is 45.4 Å². The molecule has 0 aliphatic rings. The third-order valence-electron chi connectivity index (χ3n) is 2.63. The van der Waals surface area contributed by atoms with E-state index in [0.29, 0.717) is 13.2 Å². The highest BCUT2D eigenvalue weighted by atomic mass is 35.9. The molecule has 0 aromatic rings. The van der Waals surface area contributed by atoms with Gasteiger partial charge in [-0.25, -0.2) is 0 Å². The Balaban J connectivity index is 4.18. The van der Waals surface area contributed by atoms with Gasteiger partial charge in [0, 0.05) is 6.61 Å². The smallest absolute Gasteiger partial charge is 0.380 e. The molecule has 0 heterocycles. The summed E-state index contributed by atoms with van der Waals surface area (Å²) in [5.74, 6) is 0. The molecular weight excluding hydrogens is 366 g/mol. The van der Waals surface area contributed by atoms with Gasteiger partial charge in [0.2, 0.25) is 5.12 Å². The molecular formula is C14H25Cl2O4PS. The zero-order valence-electron chi connectivity index (χ0n) is 13.1. The van der Waals surface area contributed by atoms with Gasteiger partial charge in [0.25, 0.3) is 0 Å². The van der Waals surface area contributed by atoms with E-state index in [4.69, 9.17) is 31.7 Å². The van der Waals surface area contributed by atoms with Crippen LogP contribution in [0.3, 0.4) is 0 Å². The van der Waals surface area contributed by atoms with Gasteiger partial charge in [-0.3, -0.25) is 9.36 Å². The molecule has 8 heteroatoms. The average molecular weight is 391 g/mol. The monoisotopic (exact) mass is 390 g/mol. The number of carbonyl (C=O) groups is 1. The van der Waals surface area contributed by atoms with Gasteiger partial charge in [-0.05, 0) is 41.4 Å². The first-order valence-electron chi connectivity index (χ1n) is 7.47. The quantitative estimate of drug-likeness (QED) is 0.226. The molecule has 0 saturated carbocycles. The van der Waals surface area contributed by atoms with Crippen molar-refractivity contribution in [3.8, 4) is 0 Å². The summed E-state index contributed by atoms with van der Waals surface area (Å²) in [5, 5.41) is -0.380. The molecule has 0 aromatic heterocycles. The number of allylic oxidation sites excluding steroid dienone is 1. The van der Waals surface area contributed by atoms with Crippen LogP contribution in [-0.2, 0) is 18.6 Å². The lowest BCUT2D eigenvalue weighted by atomic mass is 10.2.